The van der Waals surface area contributed by atoms with Gasteiger partial charge in [0.25, 0.3) is 0 Å². The second-order valence-electron chi connectivity index (χ2n) is 2.74. The van der Waals surface area contributed by atoms with Gasteiger partial charge in [0.2, 0.25) is 0 Å². The van der Waals surface area contributed by atoms with Crippen molar-refractivity contribution in [3.8, 4) is 0 Å². The van der Waals surface area contributed by atoms with Gasteiger partial charge in [0.1, 0.15) is 6.29 Å². The van der Waals surface area contributed by atoms with Gasteiger partial charge in [-0.2, -0.15) is 0 Å². The number of carbonyl (C=O) groups excluding carboxylic acids is 1. The Kier molecular flexibility index (Phi) is 7.47. The first-order valence-corrected chi connectivity index (χ1v) is 4.40. The van der Waals surface area contributed by atoms with E-state index in [2.05, 4.69) is 13.8 Å². The van der Waals surface area contributed by atoms with Gasteiger partial charge in [-0.1, -0.05) is 20.3 Å². The minimum Gasteiger partial charge on any atom is -0.378 e. The highest BCUT2D eigenvalue weighted by molar-refractivity contribution is 5.50. The number of carbonyl (C=O) groups is 1. The van der Waals surface area contributed by atoms with E-state index in [0.717, 1.165) is 25.7 Å². The second kappa shape index (κ2) is 7.73. The largest absolute Gasteiger partial charge is 0.378 e. The molecule has 66 valence electrons. The van der Waals surface area contributed by atoms with E-state index in [-0.39, 0.29) is 6.10 Å². The van der Waals surface area contributed by atoms with Crippen molar-refractivity contribution in [3.63, 3.8) is 0 Å². The minimum atomic E-state index is 0.243. The van der Waals surface area contributed by atoms with Gasteiger partial charge in [-0.25, -0.2) is 0 Å². The Hall–Kier alpha value is -0.370. The Morgan fingerprint density at radius 1 is 1.55 bits per heavy atom. The lowest BCUT2D eigenvalue weighted by atomic mass is 10.2. The average molecular weight is 158 g/mol. The van der Waals surface area contributed by atoms with Crippen molar-refractivity contribution in [2.24, 2.45) is 0 Å². The first-order chi connectivity index (χ1) is 5.35. The van der Waals surface area contributed by atoms with Gasteiger partial charge in [-0.15, -0.1) is 0 Å². The highest BCUT2D eigenvalue weighted by atomic mass is 16.5. The topological polar surface area (TPSA) is 26.3 Å². The van der Waals surface area contributed by atoms with Crippen molar-refractivity contribution in [1.82, 2.24) is 0 Å². The summed E-state index contributed by atoms with van der Waals surface area (Å²) in [5, 5.41) is 0. The van der Waals surface area contributed by atoms with Crippen LogP contribution in [0.5, 0.6) is 0 Å². The molecule has 0 amide bonds. The molecule has 0 aromatic carbocycles. The van der Waals surface area contributed by atoms with Crippen LogP contribution in [-0.4, -0.2) is 19.0 Å². The van der Waals surface area contributed by atoms with Crippen molar-refractivity contribution >= 4 is 6.29 Å². The lowest BCUT2D eigenvalue weighted by molar-refractivity contribution is -0.109. The van der Waals surface area contributed by atoms with Crippen molar-refractivity contribution < 1.29 is 9.53 Å². The maximum Gasteiger partial charge on any atom is 0.122 e. The molecule has 1 saturated heterocycles. The summed E-state index contributed by atoms with van der Waals surface area (Å²) in [6, 6.07) is 0. The monoisotopic (exact) mass is 158 g/mol. The molecule has 0 saturated carbocycles. The van der Waals surface area contributed by atoms with Gasteiger partial charge in [0.05, 0.1) is 6.10 Å². The molecule has 1 unspecified atom stereocenters. The third-order valence-corrected chi connectivity index (χ3v) is 1.38. The van der Waals surface area contributed by atoms with Gasteiger partial charge >= 0.3 is 0 Å². The molecule has 2 heteroatoms. The zero-order chi connectivity index (χ0) is 8.53. The minimum absolute atomic E-state index is 0.243. The molecule has 0 radical (unpaired) electrons. The van der Waals surface area contributed by atoms with Gasteiger partial charge < -0.3 is 9.53 Å². The Labute approximate surface area is 68.9 Å². The second-order valence-corrected chi connectivity index (χ2v) is 2.74. The zero-order valence-corrected chi connectivity index (χ0v) is 7.51. The lowest BCUT2D eigenvalue weighted by Crippen LogP contribution is -2.03. The van der Waals surface area contributed by atoms with Gasteiger partial charge in [-0.3, -0.25) is 0 Å². The summed E-state index contributed by atoms with van der Waals surface area (Å²) in [5.41, 5.74) is 0. The standard InChI is InChI=1S/C6H10O2.C3H8/c7-4-3-6-2-1-5-8-6;1-3-2/h4,6H,1-3,5H2;3H2,1-2H3. The Morgan fingerprint density at radius 3 is 2.55 bits per heavy atom. The first-order valence-electron chi connectivity index (χ1n) is 4.40. The molecule has 11 heavy (non-hydrogen) atoms. The zero-order valence-electron chi connectivity index (χ0n) is 7.51. The smallest absolute Gasteiger partial charge is 0.122 e. The number of rotatable bonds is 2. The number of hydrogen-bond acceptors (Lipinski definition) is 2. The van der Waals surface area contributed by atoms with Crippen LogP contribution in [0.2, 0.25) is 0 Å². The third kappa shape index (κ3) is 6.05. The normalized spacial score (nSPS) is 22.2. The predicted octanol–water partition coefficient (Wildman–Crippen LogP) is 2.17. The van der Waals surface area contributed by atoms with E-state index in [1.54, 1.807) is 0 Å². The van der Waals surface area contributed by atoms with Crippen LogP contribution >= 0.6 is 0 Å². The molecule has 1 rings (SSSR count). The Balaban J connectivity index is 0.000000292. The first kappa shape index (κ1) is 10.6. The van der Waals surface area contributed by atoms with Gasteiger partial charge in [0.15, 0.2) is 0 Å². The molecule has 1 aliphatic heterocycles. The summed E-state index contributed by atoms with van der Waals surface area (Å²) in [4.78, 5) is 9.88. The summed E-state index contributed by atoms with van der Waals surface area (Å²) < 4.78 is 5.16. The van der Waals surface area contributed by atoms with Gasteiger partial charge in [-0.05, 0) is 12.8 Å². The van der Waals surface area contributed by atoms with Crippen molar-refractivity contribution in [1.29, 1.82) is 0 Å². The fraction of sp³-hybridized carbons (Fsp3) is 0.889. The molecule has 0 aromatic rings. The van der Waals surface area contributed by atoms with Crippen LogP contribution in [0, 0.1) is 0 Å². The summed E-state index contributed by atoms with van der Waals surface area (Å²) in [7, 11) is 0. The quantitative estimate of drug-likeness (QED) is 0.576. The molecule has 0 aromatic heterocycles. The fourth-order valence-electron chi connectivity index (χ4n) is 0.938. The van der Waals surface area contributed by atoms with Crippen LogP contribution in [0.25, 0.3) is 0 Å². The molecule has 1 fully saturated rings. The fourth-order valence-corrected chi connectivity index (χ4v) is 0.938. The van der Waals surface area contributed by atoms with E-state index in [1.807, 2.05) is 0 Å². The average Bonchev–Trinajstić information content (AvgIpc) is 2.42. The van der Waals surface area contributed by atoms with E-state index in [4.69, 9.17) is 4.74 Å². The Bertz CT molecular complexity index is 85.6. The molecule has 1 heterocycles. The predicted molar refractivity (Wildman–Crippen MR) is 45.6 cm³/mol. The highest BCUT2D eigenvalue weighted by Crippen LogP contribution is 2.13. The summed E-state index contributed by atoms with van der Waals surface area (Å²) >= 11 is 0. The number of ether oxygens (including phenoxy) is 1. The van der Waals surface area contributed by atoms with Crippen LogP contribution in [0.3, 0.4) is 0 Å². The van der Waals surface area contributed by atoms with E-state index in [1.165, 1.54) is 6.42 Å². The summed E-state index contributed by atoms with van der Waals surface area (Å²) in [6.45, 7) is 5.10. The number of aldehydes is 1. The van der Waals surface area contributed by atoms with Crippen molar-refractivity contribution in [3.05, 3.63) is 0 Å². The van der Waals surface area contributed by atoms with E-state index in [0.29, 0.717) is 6.42 Å². The van der Waals surface area contributed by atoms with Crippen LogP contribution in [0.15, 0.2) is 0 Å². The third-order valence-electron chi connectivity index (χ3n) is 1.38. The molecule has 2 nitrogen and oxygen atoms in total. The maximum atomic E-state index is 9.88. The summed E-state index contributed by atoms with van der Waals surface area (Å²) in [5.74, 6) is 0. The molecular formula is C9H18O2. The van der Waals surface area contributed by atoms with Crippen molar-refractivity contribution in [2.75, 3.05) is 6.61 Å². The van der Waals surface area contributed by atoms with Crippen LogP contribution in [-0.2, 0) is 9.53 Å². The van der Waals surface area contributed by atoms with E-state index < -0.39 is 0 Å². The van der Waals surface area contributed by atoms with E-state index >= 15 is 0 Å². The van der Waals surface area contributed by atoms with E-state index in [9.17, 15) is 4.79 Å². The highest BCUT2D eigenvalue weighted by Gasteiger charge is 2.13. The molecule has 1 atom stereocenters. The van der Waals surface area contributed by atoms with Crippen LogP contribution in [0.1, 0.15) is 39.5 Å². The molecular weight excluding hydrogens is 140 g/mol. The Morgan fingerprint density at radius 2 is 2.18 bits per heavy atom. The lowest BCUT2D eigenvalue weighted by Gasteiger charge is -2.00. The molecule has 0 N–H and O–H groups in total. The summed E-state index contributed by atoms with van der Waals surface area (Å²) in [6.07, 6.45) is 5.19. The molecule has 1 aliphatic rings. The van der Waals surface area contributed by atoms with Crippen LogP contribution < -0.4 is 0 Å². The van der Waals surface area contributed by atoms with Gasteiger partial charge in [0, 0.05) is 13.0 Å². The SMILES string of the molecule is CCC.O=CCC1CCCO1. The molecule has 0 aliphatic carbocycles. The molecule has 0 bridgehead atoms. The molecule has 0 spiro atoms. The maximum absolute atomic E-state index is 9.88. The number of hydrogen-bond donors (Lipinski definition) is 0. The van der Waals surface area contributed by atoms with Crippen molar-refractivity contribution in [2.45, 2.75) is 45.6 Å². The van der Waals surface area contributed by atoms with Crippen LogP contribution in [0.4, 0.5) is 0 Å².